The number of benzene rings is 1. The van der Waals surface area contributed by atoms with Crippen LogP contribution in [0.5, 0.6) is 11.5 Å². The third kappa shape index (κ3) is 4.49. The van der Waals surface area contributed by atoms with Crippen LogP contribution in [0.25, 0.3) is 0 Å². The summed E-state index contributed by atoms with van der Waals surface area (Å²) in [6.07, 6.45) is 2.99. The van der Waals surface area contributed by atoms with E-state index in [0.717, 1.165) is 19.3 Å². The average molecular weight is 207 g/mol. The molecule has 0 aliphatic heterocycles. The van der Waals surface area contributed by atoms with E-state index in [4.69, 9.17) is 9.84 Å². The molecule has 0 amide bonds. The maximum Gasteiger partial charge on any atom is 0.311 e. The maximum absolute atomic E-state index is 11.3. The van der Waals surface area contributed by atoms with Gasteiger partial charge in [0.25, 0.3) is 0 Å². The first-order chi connectivity index (χ1) is 7.22. The molecule has 1 rings (SSSR count). The minimum absolute atomic E-state index is 0.159. The molecule has 0 aliphatic carbocycles. The minimum Gasteiger partial charge on any atom is -0.508 e. The summed E-state index contributed by atoms with van der Waals surface area (Å²) in [6, 6.07) is 6.10. The summed E-state index contributed by atoms with van der Waals surface area (Å²) in [5.74, 6) is 0.383. The minimum atomic E-state index is -0.242. The van der Waals surface area contributed by atoms with Crippen molar-refractivity contribution in [3.63, 3.8) is 0 Å². The van der Waals surface area contributed by atoms with Gasteiger partial charge in [0.1, 0.15) is 11.5 Å². The molecule has 3 heteroatoms. The van der Waals surface area contributed by atoms with Crippen LogP contribution >= 0.6 is 0 Å². The summed E-state index contributed by atoms with van der Waals surface area (Å²) in [6.45, 7) is 3.70. The van der Waals surface area contributed by atoms with Crippen LogP contribution in [-0.2, 0) is 4.79 Å². The predicted octanol–water partition coefficient (Wildman–Crippen LogP) is 2.69. The lowest BCUT2D eigenvalue weighted by Gasteiger charge is -2.03. The van der Waals surface area contributed by atoms with Gasteiger partial charge < -0.3 is 9.84 Å². The molecule has 0 bridgehead atoms. The second kappa shape index (κ2) is 6.06. The fourth-order valence-corrected chi connectivity index (χ4v) is 1.14. The summed E-state index contributed by atoms with van der Waals surface area (Å²) in [4.78, 5) is 11.3. The van der Waals surface area contributed by atoms with E-state index >= 15 is 0 Å². The zero-order valence-corrected chi connectivity index (χ0v) is 8.61. The molecule has 0 fully saturated rings. The number of esters is 1. The van der Waals surface area contributed by atoms with Crippen molar-refractivity contribution < 1.29 is 14.6 Å². The van der Waals surface area contributed by atoms with Gasteiger partial charge in [-0.1, -0.05) is 19.8 Å². The Labute approximate surface area is 89.7 Å². The number of carbonyl (C=O) groups excluding carboxylic acids is 1. The summed E-state index contributed by atoms with van der Waals surface area (Å²) in [7, 11) is 0. The lowest BCUT2D eigenvalue weighted by Crippen LogP contribution is -2.07. The van der Waals surface area contributed by atoms with Gasteiger partial charge in [-0.15, -0.1) is 0 Å². The highest BCUT2D eigenvalue weighted by atomic mass is 16.5. The summed E-state index contributed by atoms with van der Waals surface area (Å²) >= 11 is 0. The number of phenols is 1. The van der Waals surface area contributed by atoms with Crippen molar-refractivity contribution in [3.05, 3.63) is 31.2 Å². The second-order valence-corrected chi connectivity index (χ2v) is 3.28. The van der Waals surface area contributed by atoms with Gasteiger partial charge in [-0.2, -0.15) is 0 Å². The van der Waals surface area contributed by atoms with Crippen molar-refractivity contribution in [1.82, 2.24) is 0 Å². The van der Waals surface area contributed by atoms with E-state index in [0.29, 0.717) is 12.2 Å². The Balaban J connectivity index is 2.34. The molecule has 1 aromatic rings. The van der Waals surface area contributed by atoms with Crippen LogP contribution in [0.4, 0.5) is 0 Å². The van der Waals surface area contributed by atoms with Crippen LogP contribution in [0.1, 0.15) is 25.7 Å². The number of ether oxygens (including phenoxy) is 1. The molecular weight excluding hydrogens is 192 g/mol. The second-order valence-electron chi connectivity index (χ2n) is 3.28. The van der Waals surface area contributed by atoms with E-state index in [2.05, 4.69) is 6.92 Å². The molecule has 1 aromatic carbocycles. The summed E-state index contributed by atoms with van der Waals surface area (Å²) in [5, 5.41) is 9.02. The standard InChI is InChI=1S/C12H15O3/c1-2-3-4-5-12(14)15-11-8-6-10(13)7-9-11/h6-9,13H,1-5H2. The van der Waals surface area contributed by atoms with E-state index in [1.807, 2.05) is 0 Å². The largest absolute Gasteiger partial charge is 0.508 e. The quantitative estimate of drug-likeness (QED) is 0.458. The fourth-order valence-electron chi connectivity index (χ4n) is 1.14. The molecule has 1 N–H and O–H groups in total. The number of phenolic OH excluding ortho intramolecular Hbond substituents is 1. The van der Waals surface area contributed by atoms with Crippen LogP contribution < -0.4 is 4.74 Å². The topological polar surface area (TPSA) is 46.5 Å². The van der Waals surface area contributed by atoms with Crippen LogP contribution in [0.3, 0.4) is 0 Å². The van der Waals surface area contributed by atoms with Crippen LogP contribution in [0.15, 0.2) is 24.3 Å². The third-order valence-corrected chi connectivity index (χ3v) is 1.95. The van der Waals surface area contributed by atoms with Crippen molar-refractivity contribution >= 4 is 5.97 Å². The van der Waals surface area contributed by atoms with E-state index in [9.17, 15) is 4.79 Å². The maximum atomic E-state index is 11.3. The van der Waals surface area contributed by atoms with Gasteiger partial charge in [0.2, 0.25) is 0 Å². The molecule has 1 radical (unpaired) electrons. The molecule has 3 nitrogen and oxygen atoms in total. The zero-order valence-electron chi connectivity index (χ0n) is 8.61. The molecule has 0 aromatic heterocycles. The van der Waals surface area contributed by atoms with Crippen molar-refractivity contribution in [2.24, 2.45) is 0 Å². The highest BCUT2D eigenvalue weighted by Gasteiger charge is 2.03. The fraction of sp³-hybridized carbons (Fsp3) is 0.333. The highest BCUT2D eigenvalue weighted by Crippen LogP contribution is 2.16. The Bertz CT molecular complexity index is 303. The number of rotatable bonds is 5. The summed E-state index contributed by atoms with van der Waals surface area (Å²) < 4.78 is 5.05. The lowest BCUT2D eigenvalue weighted by molar-refractivity contribution is -0.134. The molecule has 15 heavy (non-hydrogen) atoms. The number of unbranched alkanes of at least 4 members (excludes halogenated alkanes) is 2. The molecule has 0 unspecified atom stereocenters. The van der Waals surface area contributed by atoms with Crippen LogP contribution in [0, 0.1) is 6.92 Å². The average Bonchev–Trinajstić information content (AvgIpc) is 2.22. The normalized spacial score (nSPS) is 9.93. The molecule has 81 valence electrons. The Morgan fingerprint density at radius 2 is 1.93 bits per heavy atom. The van der Waals surface area contributed by atoms with Crippen molar-refractivity contribution in [2.75, 3.05) is 0 Å². The third-order valence-electron chi connectivity index (χ3n) is 1.95. The molecule has 0 saturated carbocycles. The Morgan fingerprint density at radius 1 is 1.27 bits per heavy atom. The SMILES string of the molecule is [CH2]CCCCC(=O)Oc1ccc(O)cc1. The first-order valence-electron chi connectivity index (χ1n) is 5.01. The van der Waals surface area contributed by atoms with Crippen LogP contribution in [0.2, 0.25) is 0 Å². The zero-order chi connectivity index (χ0) is 11.1. The Hall–Kier alpha value is -1.51. The van der Waals surface area contributed by atoms with Gasteiger partial charge in [-0.3, -0.25) is 4.79 Å². The molecule has 0 aliphatic rings. The first-order valence-corrected chi connectivity index (χ1v) is 5.01. The van der Waals surface area contributed by atoms with E-state index in [-0.39, 0.29) is 11.7 Å². The van der Waals surface area contributed by atoms with E-state index in [1.54, 1.807) is 12.1 Å². The highest BCUT2D eigenvalue weighted by molar-refractivity contribution is 5.72. The van der Waals surface area contributed by atoms with Crippen molar-refractivity contribution in [1.29, 1.82) is 0 Å². The van der Waals surface area contributed by atoms with Gasteiger partial charge in [0.05, 0.1) is 0 Å². The number of hydrogen-bond acceptors (Lipinski definition) is 3. The smallest absolute Gasteiger partial charge is 0.311 e. The van der Waals surface area contributed by atoms with E-state index < -0.39 is 0 Å². The van der Waals surface area contributed by atoms with Gasteiger partial charge in [-0.25, -0.2) is 0 Å². The van der Waals surface area contributed by atoms with Crippen molar-refractivity contribution in [3.8, 4) is 11.5 Å². The van der Waals surface area contributed by atoms with Gasteiger partial charge in [0.15, 0.2) is 0 Å². The summed E-state index contributed by atoms with van der Waals surface area (Å²) in [5.41, 5.74) is 0. The number of carbonyl (C=O) groups is 1. The molecule has 0 saturated heterocycles. The first kappa shape index (κ1) is 11.6. The molecule has 0 spiro atoms. The van der Waals surface area contributed by atoms with Crippen molar-refractivity contribution in [2.45, 2.75) is 25.7 Å². The molecular formula is C12H15O3. The van der Waals surface area contributed by atoms with E-state index in [1.165, 1.54) is 12.1 Å². The van der Waals surface area contributed by atoms with Gasteiger partial charge in [-0.05, 0) is 30.7 Å². The van der Waals surface area contributed by atoms with Crippen LogP contribution in [-0.4, -0.2) is 11.1 Å². The van der Waals surface area contributed by atoms with Gasteiger partial charge in [0, 0.05) is 6.42 Å². The molecule has 0 atom stereocenters. The number of aromatic hydroxyl groups is 1. The number of hydrogen-bond donors (Lipinski definition) is 1. The molecule has 0 heterocycles. The Morgan fingerprint density at radius 3 is 2.53 bits per heavy atom. The monoisotopic (exact) mass is 207 g/mol. The Kier molecular flexibility index (Phi) is 4.68. The van der Waals surface area contributed by atoms with Gasteiger partial charge >= 0.3 is 5.97 Å². The predicted molar refractivity (Wildman–Crippen MR) is 57.6 cm³/mol. The lowest BCUT2D eigenvalue weighted by atomic mass is 10.2.